The molecule has 1 saturated heterocycles. The number of aliphatic hydroxyl groups is 1. The van der Waals surface area contributed by atoms with Gasteiger partial charge in [-0.3, -0.25) is 9.36 Å². The van der Waals surface area contributed by atoms with Crippen LogP contribution in [0.5, 0.6) is 5.75 Å². The molecule has 248 valence electrons. The minimum Gasteiger partial charge on any atom is -0.462 e. The van der Waals surface area contributed by atoms with Crippen LogP contribution in [-0.2, 0) is 30.6 Å². The number of carbonyl (C=O) groups excluding carboxylic acids is 1. The first-order chi connectivity index (χ1) is 21.8. The van der Waals surface area contributed by atoms with E-state index in [0.29, 0.717) is 28.6 Å². The van der Waals surface area contributed by atoms with E-state index >= 15 is 4.39 Å². The van der Waals surface area contributed by atoms with Crippen LogP contribution in [0.25, 0.3) is 21.9 Å². The van der Waals surface area contributed by atoms with Crippen molar-refractivity contribution >= 4 is 63.8 Å². The van der Waals surface area contributed by atoms with Crippen LogP contribution in [0, 0.1) is 6.92 Å². The van der Waals surface area contributed by atoms with E-state index in [-0.39, 0.29) is 12.0 Å². The van der Waals surface area contributed by atoms with Gasteiger partial charge in [0.25, 0.3) is 0 Å². The Balaban J connectivity index is 1.46. The average Bonchev–Trinajstić information content (AvgIpc) is 3.53. The summed E-state index contributed by atoms with van der Waals surface area (Å²) in [5.74, 6) is 0.474. The number of hydrogen-bond acceptors (Lipinski definition) is 11. The molecular weight excluding hydrogens is 658 g/mol. The van der Waals surface area contributed by atoms with E-state index in [9.17, 15) is 9.90 Å². The second-order valence-electron chi connectivity index (χ2n) is 11.6. The van der Waals surface area contributed by atoms with Gasteiger partial charge in [0.1, 0.15) is 29.3 Å². The number of imidazole rings is 1. The topological polar surface area (TPSA) is 133 Å². The van der Waals surface area contributed by atoms with E-state index in [4.69, 9.17) is 41.9 Å². The van der Waals surface area contributed by atoms with Crippen LogP contribution in [0.15, 0.2) is 48.8 Å². The van der Waals surface area contributed by atoms with Crippen molar-refractivity contribution in [3.05, 3.63) is 54.6 Å². The van der Waals surface area contributed by atoms with Crippen molar-refractivity contribution in [2.24, 2.45) is 0 Å². The zero-order chi connectivity index (χ0) is 33.4. The van der Waals surface area contributed by atoms with E-state index in [2.05, 4.69) is 20.0 Å². The lowest BCUT2D eigenvalue weighted by Gasteiger charge is -2.33. The number of benzene rings is 2. The molecule has 46 heavy (non-hydrogen) atoms. The van der Waals surface area contributed by atoms with Crippen LogP contribution in [0.1, 0.15) is 32.8 Å². The lowest BCUT2D eigenvalue weighted by atomic mass is 9.99. The maximum atomic E-state index is 16.0. The van der Waals surface area contributed by atoms with Gasteiger partial charge in [-0.1, -0.05) is 36.4 Å². The van der Waals surface area contributed by atoms with Gasteiger partial charge in [0.2, 0.25) is 0 Å². The Morgan fingerprint density at radius 2 is 1.96 bits per heavy atom. The Morgan fingerprint density at radius 3 is 2.65 bits per heavy atom. The second-order valence-corrected chi connectivity index (χ2v) is 15.0. The first-order valence-electron chi connectivity index (χ1n) is 14.6. The fourth-order valence-corrected chi connectivity index (χ4v) is 7.86. The second kappa shape index (κ2) is 13.6. The van der Waals surface area contributed by atoms with E-state index in [0.717, 1.165) is 10.8 Å². The molecule has 1 fully saturated rings. The zero-order valence-corrected chi connectivity index (χ0v) is 28.7. The smallest absolute Gasteiger partial charge is 0.323 e. The summed E-state index contributed by atoms with van der Waals surface area (Å²) in [5.41, 5.74) is -0.999. The summed E-state index contributed by atoms with van der Waals surface area (Å²) in [7, 11) is 3.62. The van der Waals surface area contributed by atoms with Gasteiger partial charge in [-0.25, -0.2) is 24.4 Å². The van der Waals surface area contributed by atoms with Crippen molar-refractivity contribution in [2.75, 3.05) is 31.5 Å². The minimum absolute atomic E-state index is 0.325. The van der Waals surface area contributed by atoms with Crippen LogP contribution in [0.3, 0.4) is 0 Å². The predicted octanol–water partition coefficient (Wildman–Crippen LogP) is 4.81. The number of hydrogen-bond donors (Lipinski definition) is 2. The SMILES string of the molecule is Cc1nc(N(C)C)c2ncn([C@@H]3O[C@](CCl)(COP(=S)(N[C@@H](C)C(=O)OC(C)C)Oc4cccc5ccccc45)[C@@H](O)[C@@H]3F)c2n1. The van der Waals surface area contributed by atoms with E-state index < -0.39 is 49.4 Å². The number of esters is 1. The fraction of sp³-hybridized carbons (Fsp3) is 0.467. The Hall–Kier alpha value is -2.97. The largest absolute Gasteiger partial charge is 0.462 e. The highest BCUT2D eigenvalue weighted by molar-refractivity contribution is 8.09. The molecule has 6 atom stereocenters. The van der Waals surface area contributed by atoms with Gasteiger partial charge in [0, 0.05) is 19.5 Å². The molecule has 5 rings (SSSR count). The average molecular weight is 695 g/mol. The van der Waals surface area contributed by atoms with Crippen LogP contribution in [-0.4, -0.2) is 87.2 Å². The van der Waals surface area contributed by atoms with Crippen molar-refractivity contribution < 1.29 is 32.8 Å². The molecule has 1 aliphatic heterocycles. The highest BCUT2D eigenvalue weighted by atomic mass is 35.5. The molecule has 0 amide bonds. The maximum absolute atomic E-state index is 16.0. The van der Waals surface area contributed by atoms with Gasteiger partial charge in [-0.15, -0.1) is 11.6 Å². The van der Waals surface area contributed by atoms with Crippen LogP contribution >= 0.6 is 18.2 Å². The quantitative estimate of drug-likeness (QED) is 0.120. The number of fused-ring (bicyclic) bond motifs is 2. The first-order valence-corrected chi connectivity index (χ1v) is 17.8. The van der Waals surface area contributed by atoms with E-state index in [1.807, 2.05) is 44.4 Å². The summed E-state index contributed by atoms with van der Waals surface area (Å²) in [4.78, 5) is 27.8. The van der Waals surface area contributed by atoms with Gasteiger partial charge in [-0.2, -0.15) is 0 Å². The molecule has 1 unspecified atom stereocenters. The summed E-state index contributed by atoms with van der Waals surface area (Å²) in [6, 6.07) is 12.1. The van der Waals surface area contributed by atoms with Gasteiger partial charge in [-0.05, 0) is 51.0 Å². The van der Waals surface area contributed by atoms with Gasteiger partial charge in [0.05, 0.1) is 24.9 Å². The molecule has 0 saturated carbocycles. The number of aliphatic hydroxyl groups excluding tert-OH is 1. The molecular formula is C30H37ClFN6O6PS. The number of ether oxygens (including phenoxy) is 2. The number of anilines is 1. The zero-order valence-electron chi connectivity index (χ0n) is 26.3. The standard InChI is InChI=1S/C30H37ClFN6O6PS/c1-17(2)42-29(40)18(3)36-45(46,44-22-13-9-11-20-10-7-8-12-21(20)22)41-15-30(14-31)25(39)23(32)28(43-30)38-16-33-24-26(37(5)6)34-19(4)35-27(24)38/h7-13,16-18,23,25,28,39H,14-15H2,1-6H3,(H,36,46)/t18-,23-,25-,28+,30+,45?/m0/s1. The number of nitrogens with zero attached hydrogens (tertiary/aromatic N) is 5. The van der Waals surface area contributed by atoms with Gasteiger partial charge in [0.15, 0.2) is 29.4 Å². The Morgan fingerprint density at radius 1 is 1.24 bits per heavy atom. The molecule has 2 aromatic heterocycles. The van der Waals surface area contributed by atoms with Gasteiger partial charge >= 0.3 is 12.6 Å². The summed E-state index contributed by atoms with van der Waals surface area (Å²) >= 11 is 12.3. The molecule has 16 heteroatoms. The summed E-state index contributed by atoms with van der Waals surface area (Å²) < 4.78 is 41.5. The molecule has 1 aliphatic rings. The normalized spacial score (nSPS) is 23.5. The lowest BCUT2D eigenvalue weighted by Crippen LogP contribution is -2.48. The third-order valence-electron chi connectivity index (χ3n) is 7.41. The highest BCUT2D eigenvalue weighted by Gasteiger charge is 2.57. The predicted molar refractivity (Wildman–Crippen MR) is 178 cm³/mol. The van der Waals surface area contributed by atoms with Crippen molar-refractivity contribution in [1.29, 1.82) is 0 Å². The molecule has 3 heterocycles. The molecule has 0 aliphatic carbocycles. The molecule has 0 radical (unpaired) electrons. The number of halogens is 2. The first kappa shape index (κ1) is 34.4. The highest BCUT2D eigenvalue weighted by Crippen LogP contribution is 2.50. The number of alkyl halides is 2. The molecule has 0 bridgehead atoms. The van der Waals surface area contributed by atoms with Crippen LogP contribution < -0.4 is 14.5 Å². The third kappa shape index (κ3) is 6.84. The molecule has 2 aromatic carbocycles. The number of carbonyl (C=O) groups is 1. The summed E-state index contributed by atoms with van der Waals surface area (Å²) in [6.07, 6.45) is -4.00. The fourth-order valence-electron chi connectivity index (χ4n) is 5.12. The van der Waals surface area contributed by atoms with Crippen molar-refractivity contribution in [1.82, 2.24) is 24.6 Å². The van der Waals surface area contributed by atoms with Crippen molar-refractivity contribution in [3.63, 3.8) is 0 Å². The Kier molecular flexibility index (Phi) is 10.2. The number of aryl methyl sites for hydroxylation is 1. The summed E-state index contributed by atoms with van der Waals surface area (Å²) in [6.45, 7) is 2.64. The van der Waals surface area contributed by atoms with Gasteiger partial charge < -0.3 is 28.5 Å². The lowest BCUT2D eigenvalue weighted by molar-refractivity contribution is -0.149. The van der Waals surface area contributed by atoms with Crippen LogP contribution in [0.4, 0.5) is 10.2 Å². The Bertz CT molecular complexity index is 1780. The summed E-state index contributed by atoms with van der Waals surface area (Å²) in [5, 5.41) is 15.9. The number of aromatic nitrogens is 4. The Labute approximate surface area is 276 Å². The minimum atomic E-state index is -3.63. The molecule has 2 N–H and O–H groups in total. The third-order valence-corrected chi connectivity index (χ3v) is 10.3. The van der Waals surface area contributed by atoms with Crippen LogP contribution in [0.2, 0.25) is 0 Å². The maximum Gasteiger partial charge on any atom is 0.323 e. The van der Waals surface area contributed by atoms with E-state index in [1.165, 1.54) is 10.9 Å². The number of rotatable bonds is 12. The molecule has 4 aromatic rings. The molecule has 0 spiro atoms. The monoisotopic (exact) mass is 694 g/mol. The number of nitrogens with one attached hydrogen (secondary N) is 1. The van der Waals surface area contributed by atoms with Crippen molar-refractivity contribution in [2.45, 2.75) is 63.9 Å². The van der Waals surface area contributed by atoms with Crippen molar-refractivity contribution in [3.8, 4) is 5.75 Å². The molecule has 12 nitrogen and oxygen atoms in total. The van der Waals surface area contributed by atoms with E-state index in [1.54, 1.807) is 44.7 Å².